The Kier molecular flexibility index (Phi) is 7.51. The lowest BCUT2D eigenvalue weighted by Crippen LogP contribution is -2.30. The second-order valence-corrected chi connectivity index (χ2v) is 10.1. The van der Waals surface area contributed by atoms with Gasteiger partial charge in [0.25, 0.3) is 5.91 Å². The van der Waals surface area contributed by atoms with Crippen LogP contribution in [0.25, 0.3) is 11.1 Å². The molecule has 0 aliphatic heterocycles. The number of carbonyl (C=O) groups is 1. The highest BCUT2D eigenvalue weighted by atomic mass is 19.3. The molecule has 2 N–H and O–H groups in total. The number of aryl methyl sites for hydroxylation is 2. The molecule has 6 nitrogen and oxygen atoms in total. The van der Waals surface area contributed by atoms with Crippen molar-refractivity contribution in [1.82, 2.24) is 14.5 Å². The molecule has 208 valence electrons. The van der Waals surface area contributed by atoms with Crippen LogP contribution in [0.15, 0.2) is 67.0 Å². The molecule has 1 fully saturated rings. The molecule has 1 saturated carbocycles. The summed E-state index contributed by atoms with van der Waals surface area (Å²) in [5.41, 5.74) is 2.95. The van der Waals surface area contributed by atoms with Gasteiger partial charge in [-0.15, -0.1) is 0 Å². The van der Waals surface area contributed by atoms with Gasteiger partial charge in [-0.05, 0) is 84.3 Å². The van der Waals surface area contributed by atoms with Gasteiger partial charge in [0.1, 0.15) is 17.4 Å². The molecule has 1 aromatic heterocycles. The van der Waals surface area contributed by atoms with Crippen LogP contribution in [0.5, 0.6) is 5.75 Å². The van der Waals surface area contributed by atoms with Crippen LogP contribution in [0, 0.1) is 29.9 Å². The Morgan fingerprint density at radius 1 is 1.07 bits per heavy atom. The van der Waals surface area contributed by atoms with Gasteiger partial charge in [-0.3, -0.25) is 10.2 Å². The molecule has 5 rings (SSSR count). The van der Waals surface area contributed by atoms with E-state index in [9.17, 15) is 22.4 Å². The first kappa shape index (κ1) is 27.2. The molecule has 1 aliphatic rings. The van der Waals surface area contributed by atoms with Crippen LogP contribution in [0.2, 0.25) is 0 Å². The lowest BCUT2D eigenvalue weighted by molar-refractivity contribution is -0.0496. The number of ether oxygens (including phenoxy) is 1. The van der Waals surface area contributed by atoms with Crippen molar-refractivity contribution in [1.29, 1.82) is 5.41 Å². The van der Waals surface area contributed by atoms with Gasteiger partial charge in [-0.1, -0.05) is 12.1 Å². The van der Waals surface area contributed by atoms with Crippen molar-refractivity contribution in [3.63, 3.8) is 0 Å². The van der Waals surface area contributed by atoms with E-state index in [1.165, 1.54) is 12.1 Å². The number of alkyl halides is 2. The Hall–Kier alpha value is -4.34. The number of aromatic nitrogens is 2. The summed E-state index contributed by atoms with van der Waals surface area (Å²) in [6.07, 6.45) is 5.29. The monoisotopic (exact) mass is 552 g/mol. The van der Waals surface area contributed by atoms with Crippen LogP contribution in [0.3, 0.4) is 0 Å². The van der Waals surface area contributed by atoms with Crippen molar-refractivity contribution in [2.75, 3.05) is 0 Å². The fourth-order valence-corrected chi connectivity index (χ4v) is 4.84. The highest BCUT2D eigenvalue weighted by Gasteiger charge is 2.34. The number of nitrogens with one attached hydrogen (secondary N) is 2. The summed E-state index contributed by atoms with van der Waals surface area (Å²) in [5, 5.41) is 11.3. The van der Waals surface area contributed by atoms with Crippen LogP contribution in [-0.4, -0.2) is 21.7 Å². The first-order valence-electron chi connectivity index (χ1n) is 12.8. The van der Waals surface area contributed by atoms with Crippen molar-refractivity contribution in [3.8, 4) is 16.9 Å². The van der Waals surface area contributed by atoms with E-state index in [1.807, 2.05) is 0 Å². The van der Waals surface area contributed by atoms with E-state index in [2.05, 4.69) is 10.1 Å². The standard InChI is InChI=1S/C30H28F4N4O2/c1-17-11-20(5-8-25(17)32)27(19-3-4-19)36-28(39)22-13-18(16-38-10-9-37(2)30(38)35)12-21(14-22)24-7-6-23(31)15-26(24)40-29(33)34/h5-15,19,27,29,35H,3-4,16H2,1-2H3,(H,36,39)/t27-/m0/s1. The number of rotatable bonds is 9. The average Bonchev–Trinajstić information content (AvgIpc) is 3.70. The first-order valence-corrected chi connectivity index (χ1v) is 12.8. The van der Waals surface area contributed by atoms with Crippen LogP contribution in [-0.2, 0) is 13.6 Å². The predicted molar refractivity (Wildman–Crippen MR) is 141 cm³/mol. The van der Waals surface area contributed by atoms with E-state index in [0.29, 0.717) is 16.7 Å². The average molecular weight is 553 g/mol. The molecule has 0 spiro atoms. The third-order valence-corrected chi connectivity index (χ3v) is 7.08. The molecule has 1 amide bonds. The van der Waals surface area contributed by atoms with E-state index in [-0.39, 0.29) is 46.8 Å². The van der Waals surface area contributed by atoms with Crippen LogP contribution < -0.4 is 15.7 Å². The van der Waals surface area contributed by atoms with E-state index in [4.69, 9.17) is 5.41 Å². The maximum Gasteiger partial charge on any atom is 0.387 e. The lowest BCUT2D eigenvalue weighted by atomic mass is 9.97. The van der Waals surface area contributed by atoms with Gasteiger partial charge >= 0.3 is 6.61 Å². The Morgan fingerprint density at radius 3 is 2.50 bits per heavy atom. The number of hydrogen-bond donors (Lipinski definition) is 2. The summed E-state index contributed by atoms with van der Waals surface area (Å²) in [6, 6.07) is 12.7. The summed E-state index contributed by atoms with van der Waals surface area (Å²) in [4.78, 5) is 13.6. The molecule has 1 heterocycles. The van der Waals surface area contributed by atoms with Crippen LogP contribution in [0.1, 0.15) is 45.9 Å². The Balaban J connectivity index is 1.55. The highest BCUT2D eigenvalue weighted by molar-refractivity contribution is 5.96. The number of benzene rings is 3. The second-order valence-electron chi connectivity index (χ2n) is 10.1. The zero-order valence-electron chi connectivity index (χ0n) is 21.9. The fourth-order valence-electron chi connectivity index (χ4n) is 4.84. The molecule has 40 heavy (non-hydrogen) atoms. The number of nitrogens with zero attached hydrogens (tertiary/aromatic N) is 2. The summed E-state index contributed by atoms with van der Waals surface area (Å²) < 4.78 is 62.0. The van der Waals surface area contributed by atoms with Gasteiger partial charge in [0.2, 0.25) is 5.62 Å². The third-order valence-electron chi connectivity index (χ3n) is 7.08. The SMILES string of the molecule is Cc1cc([C@@H](NC(=O)c2cc(Cn3ccn(C)c3=N)cc(-c3ccc(F)cc3OC(F)F)c2)C2CC2)ccc1F. The maximum atomic E-state index is 13.9. The molecule has 10 heteroatoms. The van der Waals surface area contributed by atoms with E-state index >= 15 is 0 Å². The van der Waals surface area contributed by atoms with Gasteiger partial charge in [0, 0.05) is 36.6 Å². The zero-order valence-corrected chi connectivity index (χ0v) is 21.9. The molecule has 1 aliphatic carbocycles. The van der Waals surface area contributed by atoms with Crippen molar-refractivity contribution < 1.29 is 27.1 Å². The molecule has 0 saturated heterocycles. The number of halogens is 4. The van der Waals surface area contributed by atoms with Gasteiger partial charge in [0.15, 0.2) is 0 Å². The number of hydrogen-bond acceptors (Lipinski definition) is 3. The number of imidazole rings is 1. The molecule has 0 bridgehead atoms. The van der Waals surface area contributed by atoms with E-state index < -0.39 is 18.3 Å². The minimum absolute atomic E-state index is 0.190. The molecule has 1 atom stereocenters. The summed E-state index contributed by atoms with van der Waals surface area (Å²) in [5.74, 6) is -1.61. The largest absolute Gasteiger partial charge is 0.434 e. The zero-order chi connectivity index (χ0) is 28.6. The van der Waals surface area contributed by atoms with Crippen LogP contribution in [0.4, 0.5) is 17.6 Å². The molecule has 3 aromatic carbocycles. The Bertz CT molecular complexity index is 1620. The van der Waals surface area contributed by atoms with Crippen molar-refractivity contribution in [3.05, 3.63) is 106 Å². The molecular formula is C30H28F4N4O2. The highest BCUT2D eigenvalue weighted by Crippen LogP contribution is 2.41. The number of carbonyl (C=O) groups excluding carboxylic acids is 1. The van der Waals surface area contributed by atoms with E-state index in [1.54, 1.807) is 65.8 Å². The maximum absolute atomic E-state index is 13.9. The van der Waals surface area contributed by atoms with Gasteiger partial charge < -0.3 is 19.2 Å². The van der Waals surface area contributed by atoms with Crippen molar-refractivity contribution in [2.24, 2.45) is 13.0 Å². The normalized spacial score (nSPS) is 13.9. The third kappa shape index (κ3) is 5.95. The summed E-state index contributed by atoms with van der Waals surface area (Å²) in [7, 11) is 1.73. The Labute approximate surface area is 228 Å². The molecular weight excluding hydrogens is 524 g/mol. The quantitative estimate of drug-likeness (QED) is 0.247. The van der Waals surface area contributed by atoms with Crippen LogP contribution >= 0.6 is 0 Å². The van der Waals surface area contributed by atoms with Crippen molar-refractivity contribution >= 4 is 5.91 Å². The molecule has 0 unspecified atom stereocenters. The molecule has 4 aromatic rings. The Morgan fingerprint density at radius 2 is 1.85 bits per heavy atom. The minimum Gasteiger partial charge on any atom is -0.434 e. The molecule has 0 radical (unpaired) electrons. The first-order chi connectivity index (χ1) is 19.1. The second kappa shape index (κ2) is 11.0. The summed E-state index contributed by atoms with van der Waals surface area (Å²) in [6.45, 7) is -1.27. The van der Waals surface area contributed by atoms with Crippen molar-refractivity contribution in [2.45, 2.75) is 39.0 Å². The van der Waals surface area contributed by atoms with Gasteiger partial charge in [-0.25, -0.2) is 8.78 Å². The fraction of sp³-hybridized carbons (Fsp3) is 0.267. The minimum atomic E-state index is -3.17. The topological polar surface area (TPSA) is 72.0 Å². The number of amides is 1. The summed E-state index contributed by atoms with van der Waals surface area (Å²) >= 11 is 0. The van der Waals surface area contributed by atoms with Gasteiger partial charge in [-0.2, -0.15) is 8.78 Å². The lowest BCUT2D eigenvalue weighted by Gasteiger charge is -2.20. The van der Waals surface area contributed by atoms with E-state index in [0.717, 1.165) is 30.5 Å². The smallest absolute Gasteiger partial charge is 0.387 e. The predicted octanol–water partition coefficient (Wildman–Crippen LogP) is 6.09. The van der Waals surface area contributed by atoms with Gasteiger partial charge in [0.05, 0.1) is 12.6 Å².